The van der Waals surface area contributed by atoms with Gasteiger partial charge in [0.25, 0.3) is 9.05 Å². The number of benzene rings is 1. The third kappa shape index (κ3) is 2.59. The maximum Gasteiger partial charge on any atom is 0.261 e. The van der Waals surface area contributed by atoms with Gasteiger partial charge >= 0.3 is 0 Å². The van der Waals surface area contributed by atoms with Crippen molar-refractivity contribution in [3.8, 4) is 0 Å². The largest absolute Gasteiger partial charge is 0.261 e. The minimum atomic E-state index is -3.64. The van der Waals surface area contributed by atoms with Crippen LogP contribution in [0.4, 0.5) is 0 Å². The highest BCUT2D eigenvalue weighted by Gasteiger charge is 2.10. The molecule has 0 saturated carbocycles. The van der Waals surface area contributed by atoms with Crippen molar-refractivity contribution in [1.82, 2.24) is 0 Å². The van der Waals surface area contributed by atoms with E-state index in [0.29, 0.717) is 0 Å². The summed E-state index contributed by atoms with van der Waals surface area (Å²) in [6.45, 7) is 1.86. The Bertz CT molecular complexity index is 412. The van der Waals surface area contributed by atoms with Crippen LogP contribution in [0.25, 0.3) is 0 Å². The van der Waals surface area contributed by atoms with Crippen LogP contribution in [0.2, 0.25) is 0 Å². The van der Waals surface area contributed by atoms with Crippen molar-refractivity contribution in [1.29, 1.82) is 0 Å². The number of hydrogen-bond acceptors (Lipinski definition) is 2. The summed E-state index contributed by atoms with van der Waals surface area (Å²) in [5.74, 6) is 0.284. The first-order valence-corrected chi connectivity index (χ1v) is 6.39. The summed E-state index contributed by atoms with van der Waals surface area (Å²) < 4.78 is 21.9. The third-order valence-electron chi connectivity index (χ3n) is 1.75. The average molecular weight is 239 g/mol. The van der Waals surface area contributed by atoms with E-state index in [-0.39, 0.29) is 10.8 Å². The number of hydrogen-bond donors (Lipinski definition) is 0. The van der Waals surface area contributed by atoms with Crippen molar-refractivity contribution in [2.75, 3.05) is 0 Å². The Kier molecular flexibility index (Phi) is 3.22. The lowest BCUT2D eigenvalue weighted by atomic mass is 10.1. The van der Waals surface area contributed by atoms with Gasteiger partial charge in [-0.05, 0) is 30.2 Å². The fourth-order valence-electron chi connectivity index (χ4n) is 0.943. The molecule has 0 atom stereocenters. The molecule has 0 N–H and O–H groups in total. The molecular weight excluding hydrogens is 231 g/mol. The Hall–Kier alpha value is -0.250. The van der Waals surface area contributed by atoms with Gasteiger partial charge in [0.2, 0.25) is 0 Å². The topological polar surface area (TPSA) is 34.1 Å². The number of alkyl halides is 1. The minimum Gasteiger partial charge on any atom is -0.207 e. The molecule has 0 bridgehead atoms. The maximum atomic E-state index is 10.9. The van der Waals surface area contributed by atoms with Crippen molar-refractivity contribution in [2.24, 2.45) is 0 Å². The van der Waals surface area contributed by atoms with E-state index in [2.05, 4.69) is 0 Å². The van der Waals surface area contributed by atoms with Crippen LogP contribution >= 0.6 is 22.3 Å². The predicted molar refractivity (Wildman–Crippen MR) is 53.8 cm³/mol. The highest BCUT2D eigenvalue weighted by Crippen LogP contribution is 2.19. The zero-order chi connectivity index (χ0) is 10.1. The van der Waals surface area contributed by atoms with Gasteiger partial charge in [-0.2, -0.15) is 0 Å². The van der Waals surface area contributed by atoms with Gasteiger partial charge in [0, 0.05) is 16.6 Å². The van der Waals surface area contributed by atoms with Gasteiger partial charge in [0.15, 0.2) is 0 Å². The van der Waals surface area contributed by atoms with Gasteiger partial charge in [0.05, 0.1) is 4.90 Å². The number of halogens is 2. The second-order valence-electron chi connectivity index (χ2n) is 2.66. The van der Waals surface area contributed by atoms with E-state index in [1.165, 1.54) is 12.1 Å². The summed E-state index contributed by atoms with van der Waals surface area (Å²) in [5.41, 5.74) is 1.74. The summed E-state index contributed by atoms with van der Waals surface area (Å²) in [4.78, 5) is 0.0930. The van der Waals surface area contributed by atoms with Crippen LogP contribution in [0.3, 0.4) is 0 Å². The molecule has 1 aromatic carbocycles. The molecule has 0 spiro atoms. The molecule has 1 aromatic rings. The summed E-state index contributed by atoms with van der Waals surface area (Å²) in [7, 11) is 1.53. The molecule has 0 radical (unpaired) electrons. The van der Waals surface area contributed by atoms with E-state index in [1.807, 2.05) is 6.92 Å². The predicted octanol–water partition coefficient (Wildman–Crippen LogP) is 2.66. The lowest BCUT2D eigenvalue weighted by Gasteiger charge is -2.03. The first kappa shape index (κ1) is 10.8. The molecule has 0 saturated heterocycles. The second kappa shape index (κ2) is 3.86. The van der Waals surface area contributed by atoms with Gasteiger partial charge in [-0.1, -0.05) is 6.07 Å². The summed E-state index contributed by atoms with van der Waals surface area (Å²) in [6, 6.07) is 4.64. The molecule has 72 valence electrons. The van der Waals surface area contributed by atoms with Gasteiger partial charge < -0.3 is 0 Å². The number of aryl methyl sites for hydroxylation is 1. The Morgan fingerprint density at radius 3 is 2.46 bits per heavy atom. The highest BCUT2D eigenvalue weighted by atomic mass is 35.7. The molecule has 1 rings (SSSR count). The molecule has 0 aliphatic rings. The summed E-state index contributed by atoms with van der Waals surface area (Å²) in [5, 5.41) is 0. The maximum absolute atomic E-state index is 10.9. The molecule has 0 amide bonds. The van der Waals surface area contributed by atoms with Gasteiger partial charge in [0.1, 0.15) is 0 Å². The molecule has 0 unspecified atom stereocenters. The molecule has 0 aliphatic carbocycles. The molecule has 2 nitrogen and oxygen atoms in total. The first-order chi connectivity index (χ1) is 5.95. The average Bonchev–Trinajstić information content (AvgIpc) is 2.03. The monoisotopic (exact) mass is 238 g/mol. The van der Waals surface area contributed by atoms with Crippen LogP contribution in [0, 0.1) is 6.92 Å². The Labute approximate surface area is 86.9 Å². The summed E-state index contributed by atoms with van der Waals surface area (Å²) in [6.07, 6.45) is 0. The van der Waals surface area contributed by atoms with Crippen molar-refractivity contribution in [3.05, 3.63) is 29.3 Å². The van der Waals surface area contributed by atoms with Crippen molar-refractivity contribution >= 4 is 31.3 Å². The lowest BCUT2D eigenvalue weighted by molar-refractivity contribution is 0.609. The van der Waals surface area contributed by atoms with Crippen LogP contribution in [0.1, 0.15) is 11.1 Å². The number of rotatable bonds is 2. The Balaban J connectivity index is 3.30. The Morgan fingerprint density at radius 2 is 2.00 bits per heavy atom. The SMILES string of the molecule is Cc1ccc(S(=O)(=O)Cl)cc1CCl. The molecular formula is C8H8Cl2O2S. The standard InChI is InChI=1S/C8H8Cl2O2S/c1-6-2-3-8(13(10,11)12)4-7(6)5-9/h2-4H,5H2,1H3. The third-order valence-corrected chi connectivity index (χ3v) is 3.39. The molecule has 5 heteroatoms. The zero-order valence-corrected chi connectivity index (χ0v) is 9.25. The van der Waals surface area contributed by atoms with Crippen LogP contribution < -0.4 is 0 Å². The van der Waals surface area contributed by atoms with Crippen LogP contribution in [0.15, 0.2) is 23.1 Å². The van der Waals surface area contributed by atoms with Gasteiger partial charge in [-0.25, -0.2) is 8.42 Å². The molecule has 0 fully saturated rings. The van der Waals surface area contributed by atoms with E-state index < -0.39 is 9.05 Å². The van der Waals surface area contributed by atoms with Crippen LogP contribution in [0.5, 0.6) is 0 Å². The van der Waals surface area contributed by atoms with Crippen molar-refractivity contribution < 1.29 is 8.42 Å². The van der Waals surface area contributed by atoms with E-state index in [1.54, 1.807) is 6.07 Å². The van der Waals surface area contributed by atoms with E-state index in [9.17, 15) is 8.42 Å². The minimum absolute atomic E-state index is 0.0930. The fraction of sp³-hybridized carbons (Fsp3) is 0.250. The van der Waals surface area contributed by atoms with Crippen LogP contribution in [-0.2, 0) is 14.9 Å². The fourth-order valence-corrected chi connectivity index (χ4v) is 2.03. The molecule has 0 heterocycles. The normalized spacial score (nSPS) is 11.6. The zero-order valence-electron chi connectivity index (χ0n) is 6.92. The van der Waals surface area contributed by atoms with Crippen LogP contribution in [-0.4, -0.2) is 8.42 Å². The van der Waals surface area contributed by atoms with E-state index >= 15 is 0 Å². The first-order valence-electron chi connectivity index (χ1n) is 3.55. The Morgan fingerprint density at radius 1 is 1.38 bits per heavy atom. The van der Waals surface area contributed by atoms with Crippen molar-refractivity contribution in [2.45, 2.75) is 17.7 Å². The quantitative estimate of drug-likeness (QED) is 0.587. The van der Waals surface area contributed by atoms with Gasteiger partial charge in [-0.3, -0.25) is 0 Å². The highest BCUT2D eigenvalue weighted by molar-refractivity contribution is 8.13. The lowest BCUT2D eigenvalue weighted by Crippen LogP contribution is -1.93. The van der Waals surface area contributed by atoms with E-state index in [4.69, 9.17) is 22.3 Å². The van der Waals surface area contributed by atoms with E-state index in [0.717, 1.165) is 11.1 Å². The van der Waals surface area contributed by atoms with Crippen molar-refractivity contribution in [3.63, 3.8) is 0 Å². The second-order valence-corrected chi connectivity index (χ2v) is 5.49. The smallest absolute Gasteiger partial charge is 0.207 e. The molecule has 0 aromatic heterocycles. The molecule has 0 aliphatic heterocycles. The molecule has 13 heavy (non-hydrogen) atoms. The summed E-state index contributed by atoms with van der Waals surface area (Å²) >= 11 is 5.62. The van der Waals surface area contributed by atoms with Gasteiger partial charge in [-0.15, -0.1) is 11.6 Å².